The first kappa shape index (κ1) is 13.3. The molecule has 5 nitrogen and oxygen atoms in total. The van der Waals surface area contributed by atoms with E-state index in [0.29, 0.717) is 22.2 Å². The number of hydrogen-bond donors (Lipinski definition) is 0. The van der Waals surface area contributed by atoms with Crippen molar-refractivity contribution in [3.05, 3.63) is 69.9 Å². The molecular formula is C15H9ClN2O3. The minimum absolute atomic E-state index is 0.0308. The van der Waals surface area contributed by atoms with Gasteiger partial charge in [0.15, 0.2) is 5.76 Å². The minimum atomic E-state index is -0.446. The molecule has 21 heavy (non-hydrogen) atoms. The van der Waals surface area contributed by atoms with Gasteiger partial charge in [0.25, 0.3) is 5.69 Å². The molecule has 0 aliphatic rings. The van der Waals surface area contributed by atoms with Crippen LogP contribution in [-0.2, 0) is 0 Å². The molecule has 0 spiro atoms. The first-order chi connectivity index (χ1) is 10.1. The zero-order valence-corrected chi connectivity index (χ0v) is 11.4. The van der Waals surface area contributed by atoms with Crippen LogP contribution in [0.4, 0.5) is 5.69 Å². The van der Waals surface area contributed by atoms with E-state index in [-0.39, 0.29) is 5.69 Å². The summed E-state index contributed by atoms with van der Waals surface area (Å²) in [7, 11) is 0. The second-order valence-corrected chi connectivity index (χ2v) is 4.78. The van der Waals surface area contributed by atoms with E-state index < -0.39 is 4.92 Å². The molecule has 0 aliphatic heterocycles. The molecule has 104 valence electrons. The van der Waals surface area contributed by atoms with Gasteiger partial charge in [-0.1, -0.05) is 11.6 Å². The summed E-state index contributed by atoms with van der Waals surface area (Å²) in [6.45, 7) is 0. The van der Waals surface area contributed by atoms with E-state index in [1.54, 1.807) is 30.5 Å². The summed E-state index contributed by atoms with van der Waals surface area (Å²) in [4.78, 5) is 14.4. The van der Waals surface area contributed by atoms with Crippen molar-refractivity contribution < 1.29 is 9.34 Å². The monoisotopic (exact) mass is 300 g/mol. The van der Waals surface area contributed by atoms with Crippen molar-refractivity contribution in [3.8, 4) is 22.8 Å². The molecule has 3 aromatic rings. The van der Waals surface area contributed by atoms with E-state index in [9.17, 15) is 10.1 Å². The third-order valence-electron chi connectivity index (χ3n) is 2.96. The number of oxazole rings is 1. The fourth-order valence-corrected chi connectivity index (χ4v) is 2.01. The number of non-ortho nitro benzene ring substituents is 1. The zero-order chi connectivity index (χ0) is 14.8. The number of nitro groups is 1. The summed E-state index contributed by atoms with van der Waals surface area (Å²) < 4.78 is 5.67. The first-order valence-electron chi connectivity index (χ1n) is 6.10. The quantitative estimate of drug-likeness (QED) is 0.525. The van der Waals surface area contributed by atoms with Gasteiger partial charge in [-0.2, -0.15) is 0 Å². The van der Waals surface area contributed by atoms with E-state index in [1.165, 1.54) is 12.1 Å². The Hall–Kier alpha value is -2.66. The number of halogens is 1. The van der Waals surface area contributed by atoms with Gasteiger partial charge in [-0.05, 0) is 36.4 Å². The van der Waals surface area contributed by atoms with Gasteiger partial charge < -0.3 is 4.42 Å². The Labute approximate surface area is 125 Å². The molecular weight excluding hydrogens is 292 g/mol. The zero-order valence-electron chi connectivity index (χ0n) is 10.7. The molecule has 2 aromatic carbocycles. The molecule has 0 unspecified atom stereocenters. The first-order valence-corrected chi connectivity index (χ1v) is 6.48. The summed E-state index contributed by atoms with van der Waals surface area (Å²) in [5.74, 6) is 1.02. The molecule has 0 N–H and O–H groups in total. The number of nitrogens with zero attached hydrogens (tertiary/aromatic N) is 2. The third-order valence-corrected chi connectivity index (χ3v) is 3.21. The van der Waals surface area contributed by atoms with Crippen LogP contribution in [0, 0.1) is 10.1 Å². The molecule has 3 rings (SSSR count). The number of rotatable bonds is 3. The molecule has 0 atom stereocenters. The van der Waals surface area contributed by atoms with E-state index in [1.807, 2.05) is 12.1 Å². The maximum Gasteiger partial charge on any atom is 0.269 e. The highest BCUT2D eigenvalue weighted by atomic mass is 35.5. The van der Waals surface area contributed by atoms with Gasteiger partial charge in [-0.25, -0.2) is 4.98 Å². The lowest BCUT2D eigenvalue weighted by molar-refractivity contribution is -0.384. The van der Waals surface area contributed by atoms with Crippen molar-refractivity contribution in [1.29, 1.82) is 0 Å². The Morgan fingerprint density at radius 1 is 1.00 bits per heavy atom. The van der Waals surface area contributed by atoms with Gasteiger partial charge in [0.1, 0.15) is 0 Å². The van der Waals surface area contributed by atoms with Crippen molar-refractivity contribution in [2.45, 2.75) is 0 Å². The van der Waals surface area contributed by atoms with Crippen LogP contribution in [0.1, 0.15) is 0 Å². The average Bonchev–Trinajstić information content (AvgIpc) is 2.98. The Bertz CT molecular complexity index is 779. The lowest BCUT2D eigenvalue weighted by Gasteiger charge is -1.97. The van der Waals surface area contributed by atoms with E-state index in [0.717, 1.165) is 5.56 Å². The van der Waals surface area contributed by atoms with Crippen LogP contribution in [0.15, 0.2) is 59.1 Å². The molecule has 6 heteroatoms. The van der Waals surface area contributed by atoms with Crippen molar-refractivity contribution >= 4 is 17.3 Å². The maximum absolute atomic E-state index is 10.6. The lowest BCUT2D eigenvalue weighted by Crippen LogP contribution is -1.87. The van der Waals surface area contributed by atoms with E-state index in [4.69, 9.17) is 16.0 Å². The van der Waals surface area contributed by atoms with Gasteiger partial charge in [-0.3, -0.25) is 10.1 Å². The van der Waals surface area contributed by atoms with Crippen LogP contribution in [0.3, 0.4) is 0 Å². The number of aromatic nitrogens is 1. The van der Waals surface area contributed by atoms with Crippen LogP contribution < -0.4 is 0 Å². The summed E-state index contributed by atoms with van der Waals surface area (Å²) in [6, 6.07) is 13.3. The smallest absolute Gasteiger partial charge is 0.269 e. The molecule has 0 fully saturated rings. The van der Waals surface area contributed by atoms with Gasteiger partial charge in [-0.15, -0.1) is 0 Å². The fraction of sp³-hybridized carbons (Fsp3) is 0. The van der Waals surface area contributed by atoms with Gasteiger partial charge >= 0.3 is 0 Å². The topological polar surface area (TPSA) is 69.2 Å². The van der Waals surface area contributed by atoms with E-state index in [2.05, 4.69) is 4.98 Å². The fourth-order valence-electron chi connectivity index (χ4n) is 1.88. The normalized spacial score (nSPS) is 10.5. The average molecular weight is 301 g/mol. The largest absolute Gasteiger partial charge is 0.436 e. The molecule has 1 aromatic heterocycles. The Morgan fingerprint density at radius 2 is 1.62 bits per heavy atom. The predicted molar refractivity (Wildman–Crippen MR) is 79.0 cm³/mol. The highest BCUT2D eigenvalue weighted by molar-refractivity contribution is 6.30. The number of nitro benzene ring substituents is 1. The second kappa shape index (κ2) is 5.38. The van der Waals surface area contributed by atoms with Crippen LogP contribution in [0.25, 0.3) is 22.8 Å². The van der Waals surface area contributed by atoms with Crippen LogP contribution >= 0.6 is 11.6 Å². The molecule has 0 bridgehead atoms. The van der Waals surface area contributed by atoms with Gasteiger partial charge in [0.05, 0.1) is 11.1 Å². The maximum atomic E-state index is 10.6. The Balaban J connectivity index is 1.90. The predicted octanol–water partition coefficient (Wildman–Crippen LogP) is 4.57. The Kier molecular flexibility index (Phi) is 3.41. The highest BCUT2D eigenvalue weighted by Crippen LogP contribution is 2.27. The molecule has 0 saturated carbocycles. The highest BCUT2D eigenvalue weighted by Gasteiger charge is 2.10. The third kappa shape index (κ3) is 2.78. The molecule has 0 amide bonds. The van der Waals surface area contributed by atoms with Crippen LogP contribution in [0.2, 0.25) is 5.02 Å². The van der Waals surface area contributed by atoms with Gasteiger partial charge in [0, 0.05) is 28.3 Å². The summed E-state index contributed by atoms with van der Waals surface area (Å²) in [5.41, 5.74) is 1.57. The van der Waals surface area contributed by atoms with Crippen molar-refractivity contribution in [2.75, 3.05) is 0 Å². The van der Waals surface area contributed by atoms with Crippen molar-refractivity contribution in [1.82, 2.24) is 4.98 Å². The van der Waals surface area contributed by atoms with Crippen LogP contribution in [0.5, 0.6) is 0 Å². The van der Waals surface area contributed by atoms with Crippen LogP contribution in [-0.4, -0.2) is 9.91 Å². The molecule has 0 saturated heterocycles. The second-order valence-electron chi connectivity index (χ2n) is 4.34. The van der Waals surface area contributed by atoms with Crippen molar-refractivity contribution in [3.63, 3.8) is 0 Å². The summed E-state index contributed by atoms with van der Waals surface area (Å²) >= 11 is 5.84. The standard InChI is InChI=1S/C15H9ClN2O3/c16-12-5-1-10(2-6-12)14-9-17-15(21-14)11-3-7-13(8-4-11)18(19)20/h1-9H. The molecule has 0 radical (unpaired) electrons. The minimum Gasteiger partial charge on any atom is -0.436 e. The van der Waals surface area contributed by atoms with E-state index >= 15 is 0 Å². The SMILES string of the molecule is O=[N+]([O-])c1ccc(-c2ncc(-c3ccc(Cl)cc3)o2)cc1. The Morgan fingerprint density at radius 3 is 2.24 bits per heavy atom. The van der Waals surface area contributed by atoms with Gasteiger partial charge in [0.2, 0.25) is 5.89 Å². The summed E-state index contributed by atoms with van der Waals surface area (Å²) in [5, 5.41) is 11.3. The van der Waals surface area contributed by atoms with Crippen molar-refractivity contribution in [2.24, 2.45) is 0 Å². The molecule has 0 aliphatic carbocycles. The number of benzene rings is 2. The molecule has 1 heterocycles. The lowest BCUT2D eigenvalue weighted by atomic mass is 10.2. The number of hydrogen-bond acceptors (Lipinski definition) is 4. The summed E-state index contributed by atoms with van der Waals surface area (Å²) in [6.07, 6.45) is 1.61.